The molecule has 0 radical (unpaired) electrons. The van der Waals surface area contributed by atoms with Gasteiger partial charge in [0, 0.05) is 0 Å². The molecule has 0 fully saturated rings. The van der Waals surface area contributed by atoms with Crippen LogP contribution in [0.1, 0.15) is 0 Å². The van der Waals surface area contributed by atoms with Gasteiger partial charge in [0.25, 0.3) is 0 Å². The van der Waals surface area contributed by atoms with Crippen molar-refractivity contribution < 1.29 is 0 Å². The minimum atomic E-state index is -0.606. The van der Waals surface area contributed by atoms with E-state index in [0.29, 0.717) is 0 Å². The van der Waals surface area contributed by atoms with Crippen LogP contribution >= 0.6 is 16.8 Å². The summed E-state index contributed by atoms with van der Waals surface area (Å²) in [4.78, 5) is 0. The average molecular weight is 262 g/mol. The highest BCUT2D eigenvalue weighted by molar-refractivity contribution is 8.79. The van der Waals surface area contributed by atoms with Gasteiger partial charge in [0.05, 0.1) is 0 Å². The van der Waals surface area contributed by atoms with Gasteiger partial charge in [-0.3, -0.25) is 0 Å². The summed E-state index contributed by atoms with van der Waals surface area (Å²) >= 11 is 0. The molecule has 17 heavy (non-hydrogen) atoms. The van der Waals surface area contributed by atoms with Gasteiger partial charge in [0.1, 0.15) is 0 Å². The molecule has 2 rings (SSSR count). The van der Waals surface area contributed by atoms with Crippen molar-refractivity contribution in [2.24, 2.45) is 0 Å². The zero-order valence-electron chi connectivity index (χ0n) is 10.6. The lowest BCUT2D eigenvalue weighted by atomic mass is 10.4. The van der Waals surface area contributed by atoms with E-state index in [1.54, 1.807) is 0 Å². The van der Waals surface area contributed by atoms with E-state index in [1.807, 2.05) is 0 Å². The van der Waals surface area contributed by atoms with Gasteiger partial charge in [-0.05, 0) is 36.5 Å². The SMILES string of the molecule is CS(C)(C)P(c1ccccc1)c1ccccc1. The summed E-state index contributed by atoms with van der Waals surface area (Å²) in [5.74, 6) is 0. The molecule has 0 saturated carbocycles. The number of rotatable bonds is 3. The summed E-state index contributed by atoms with van der Waals surface area (Å²) < 4.78 is 0. The van der Waals surface area contributed by atoms with Crippen LogP contribution in [0.4, 0.5) is 0 Å². The maximum absolute atomic E-state index is 2.42. The summed E-state index contributed by atoms with van der Waals surface area (Å²) in [6.45, 7) is 0. The van der Waals surface area contributed by atoms with Crippen LogP contribution in [0.2, 0.25) is 0 Å². The van der Waals surface area contributed by atoms with Crippen molar-refractivity contribution in [2.75, 3.05) is 18.8 Å². The Hall–Kier alpha value is -0.780. The van der Waals surface area contributed by atoms with Gasteiger partial charge in [-0.2, -0.15) is 0 Å². The third-order valence-electron chi connectivity index (χ3n) is 2.53. The fourth-order valence-corrected chi connectivity index (χ4v) is 8.88. The summed E-state index contributed by atoms with van der Waals surface area (Å²) in [7, 11) is -0.815. The summed E-state index contributed by atoms with van der Waals surface area (Å²) in [5.41, 5.74) is 0. The topological polar surface area (TPSA) is 0 Å². The Morgan fingerprint density at radius 2 is 1.00 bits per heavy atom. The van der Waals surface area contributed by atoms with Crippen LogP contribution in [0.5, 0.6) is 0 Å². The molecule has 90 valence electrons. The lowest BCUT2D eigenvalue weighted by Crippen LogP contribution is -2.14. The first-order chi connectivity index (χ1) is 8.09. The second-order valence-electron chi connectivity index (χ2n) is 4.74. The average Bonchev–Trinajstić information content (AvgIpc) is 2.30. The van der Waals surface area contributed by atoms with E-state index in [1.165, 1.54) is 10.6 Å². The molecule has 0 aliphatic heterocycles. The maximum atomic E-state index is 2.42. The summed E-state index contributed by atoms with van der Waals surface area (Å²) in [6.07, 6.45) is 7.25. The van der Waals surface area contributed by atoms with E-state index in [-0.39, 0.29) is 7.12 Å². The Bertz CT molecular complexity index is 420. The van der Waals surface area contributed by atoms with Gasteiger partial charge < -0.3 is 0 Å². The minimum Gasteiger partial charge on any atom is -0.221 e. The molecule has 2 aromatic rings. The Kier molecular flexibility index (Phi) is 3.91. The van der Waals surface area contributed by atoms with E-state index in [9.17, 15) is 0 Å². The molecule has 0 nitrogen and oxygen atoms in total. The molecule has 0 atom stereocenters. The Morgan fingerprint density at radius 1 is 0.647 bits per heavy atom. The van der Waals surface area contributed by atoms with Gasteiger partial charge in [-0.25, -0.2) is 9.65 Å². The molecule has 2 heteroatoms. The molecular weight excluding hydrogens is 243 g/mol. The molecular formula is C15H19PS. The predicted octanol–water partition coefficient (Wildman–Crippen LogP) is 3.73. The number of hydrogen-bond acceptors (Lipinski definition) is 0. The first kappa shape index (κ1) is 12.7. The van der Waals surface area contributed by atoms with Crippen LogP contribution in [-0.4, -0.2) is 18.8 Å². The highest BCUT2D eigenvalue weighted by Crippen LogP contribution is 2.67. The van der Waals surface area contributed by atoms with E-state index in [4.69, 9.17) is 0 Å². The van der Waals surface area contributed by atoms with Gasteiger partial charge in [-0.1, -0.05) is 60.7 Å². The lowest BCUT2D eigenvalue weighted by molar-refractivity contribution is 1.76. The molecule has 0 aromatic heterocycles. The van der Waals surface area contributed by atoms with Crippen molar-refractivity contribution in [1.29, 1.82) is 0 Å². The fourth-order valence-electron chi connectivity index (χ4n) is 1.91. The molecule has 0 bridgehead atoms. The third kappa shape index (κ3) is 3.12. The van der Waals surface area contributed by atoms with Crippen LogP contribution < -0.4 is 10.6 Å². The van der Waals surface area contributed by atoms with E-state index in [2.05, 4.69) is 79.4 Å². The summed E-state index contributed by atoms with van der Waals surface area (Å²) in [5, 5.41) is 2.99. The van der Waals surface area contributed by atoms with Crippen molar-refractivity contribution >= 4 is 27.4 Å². The van der Waals surface area contributed by atoms with Crippen LogP contribution in [0.15, 0.2) is 60.7 Å². The van der Waals surface area contributed by atoms with Gasteiger partial charge in [0.15, 0.2) is 0 Å². The first-order valence-electron chi connectivity index (χ1n) is 5.68. The van der Waals surface area contributed by atoms with Crippen LogP contribution in [0.3, 0.4) is 0 Å². The molecule has 2 aromatic carbocycles. The molecule has 0 amide bonds. The van der Waals surface area contributed by atoms with Crippen molar-refractivity contribution in [2.45, 2.75) is 0 Å². The predicted molar refractivity (Wildman–Crippen MR) is 84.4 cm³/mol. The van der Waals surface area contributed by atoms with Gasteiger partial charge in [-0.15, -0.1) is 0 Å². The molecule has 0 saturated heterocycles. The minimum absolute atomic E-state index is 0.209. The Morgan fingerprint density at radius 3 is 1.29 bits per heavy atom. The van der Waals surface area contributed by atoms with Crippen molar-refractivity contribution in [3.05, 3.63) is 60.7 Å². The highest BCUT2D eigenvalue weighted by atomic mass is 32.8. The zero-order valence-corrected chi connectivity index (χ0v) is 12.3. The highest BCUT2D eigenvalue weighted by Gasteiger charge is 2.23. The Balaban J connectivity index is 2.48. The first-order valence-corrected chi connectivity index (χ1v) is 10.5. The maximum Gasteiger partial charge on any atom is -0.00318 e. The third-order valence-corrected chi connectivity index (χ3v) is 9.71. The normalized spacial score (nSPS) is 12.7. The molecule has 0 spiro atoms. The summed E-state index contributed by atoms with van der Waals surface area (Å²) in [6, 6.07) is 21.9. The largest absolute Gasteiger partial charge is 0.221 e. The van der Waals surface area contributed by atoms with Crippen LogP contribution in [0.25, 0.3) is 0 Å². The molecule has 0 heterocycles. The molecule has 0 N–H and O–H groups in total. The van der Waals surface area contributed by atoms with E-state index >= 15 is 0 Å². The van der Waals surface area contributed by atoms with E-state index in [0.717, 1.165) is 0 Å². The second-order valence-corrected chi connectivity index (χ2v) is 14.3. The number of hydrogen-bond donors (Lipinski definition) is 0. The van der Waals surface area contributed by atoms with Crippen LogP contribution in [-0.2, 0) is 0 Å². The molecule has 0 unspecified atom stereocenters. The Labute approximate surface area is 107 Å². The van der Waals surface area contributed by atoms with Gasteiger partial charge >= 0.3 is 0 Å². The van der Waals surface area contributed by atoms with E-state index < -0.39 is 9.65 Å². The monoisotopic (exact) mass is 262 g/mol. The van der Waals surface area contributed by atoms with Crippen molar-refractivity contribution in [1.82, 2.24) is 0 Å². The molecule has 0 aliphatic rings. The number of benzene rings is 2. The second kappa shape index (κ2) is 5.25. The molecule has 0 aliphatic carbocycles. The van der Waals surface area contributed by atoms with Crippen molar-refractivity contribution in [3.63, 3.8) is 0 Å². The van der Waals surface area contributed by atoms with Crippen molar-refractivity contribution in [3.8, 4) is 0 Å². The van der Waals surface area contributed by atoms with Gasteiger partial charge in [0.2, 0.25) is 0 Å². The standard InChI is InChI=1S/C15H19PS/c1-17(2,3)16(14-10-6-4-7-11-14)15-12-8-5-9-13-15/h4-13H,1-3H3. The lowest BCUT2D eigenvalue weighted by Gasteiger charge is -2.37. The quantitative estimate of drug-likeness (QED) is 0.739. The smallest absolute Gasteiger partial charge is 0.00318 e. The zero-order chi connectivity index (χ0) is 12.3. The fraction of sp³-hybridized carbons (Fsp3) is 0.200. The van der Waals surface area contributed by atoms with Crippen LogP contribution in [0, 0.1) is 0 Å².